The van der Waals surface area contributed by atoms with E-state index in [2.05, 4.69) is 29.6 Å². The van der Waals surface area contributed by atoms with Crippen molar-refractivity contribution in [1.82, 2.24) is 25.3 Å². The average molecular weight is 590 g/mol. The highest BCUT2D eigenvalue weighted by atomic mass is 16.5. The van der Waals surface area contributed by atoms with Crippen molar-refractivity contribution < 1.29 is 33.8 Å². The quantitative estimate of drug-likeness (QED) is 0.411. The molecule has 0 radical (unpaired) electrons. The van der Waals surface area contributed by atoms with Gasteiger partial charge in [-0.1, -0.05) is 26.0 Å². The zero-order valence-corrected chi connectivity index (χ0v) is 24.3. The van der Waals surface area contributed by atoms with Gasteiger partial charge in [0.1, 0.15) is 23.3 Å². The highest BCUT2D eigenvalue weighted by Gasteiger charge is 2.39. The van der Waals surface area contributed by atoms with Crippen molar-refractivity contribution in [3.8, 4) is 11.5 Å². The molecular weight excluding hydrogens is 554 g/mol. The van der Waals surface area contributed by atoms with Gasteiger partial charge in [0.25, 0.3) is 17.7 Å². The zero-order valence-electron chi connectivity index (χ0n) is 24.3. The highest BCUT2D eigenvalue weighted by Crippen LogP contribution is 2.24. The van der Waals surface area contributed by atoms with Crippen LogP contribution < -0.4 is 20.1 Å². The number of benzene rings is 2. The van der Waals surface area contributed by atoms with Crippen LogP contribution >= 0.6 is 0 Å². The first kappa shape index (κ1) is 29.6. The monoisotopic (exact) mass is 589 g/mol. The smallest absolute Gasteiger partial charge is 0.335 e. The maximum Gasteiger partial charge on any atom is 0.335 e. The lowest BCUT2D eigenvalue weighted by molar-refractivity contribution is -0.123. The average Bonchev–Trinajstić information content (AvgIpc) is 3.57. The van der Waals surface area contributed by atoms with Crippen LogP contribution in [0.2, 0.25) is 0 Å². The maximum atomic E-state index is 13.8. The van der Waals surface area contributed by atoms with E-state index in [1.165, 1.54) is 18.2 Å². The number of amides is 3. The zero-order chi connectivity index (χ0) is 30.7. The number of nitrogens with one attached hydrogen (secondary N) is 2. The van der Waals surface area contributed by atoms with Gasteiger partial charge in [0, 0.05) is 25.2 Å². The van der Waals surface area contributed by atoms with E-state index < -0.39 is 29.9 Å². The fourth-order valence-electron chi connectivity index (χ4n) is 5.21. The summed E-state index contributed by atoms with van der Waals surface area (Å²) in [6, 6.07) is 12.3. The molecule has 1 fully saturated rings. The van der Waals surface area contributed by atoms with Crippen LogP contribution in [-0.4, -0.2) is 75.3 Å². The van der Waals surface area contributed by atoms with Gasteiger partial charge in [0.05, 0.1) is 23.8 Å². The van der Waals surface area contributed by atoms with Crippen molar-refractivity contribution >= 4 is 23.7 Å². The standard InChI is InChI=1S/C31H35N5O7/c1-4-36-26(13-22(34-36)9-18(2)3)30(39)35-15-25-27(16-35)43-23-7-5-19(6-8-23)14-32-28(37)17-42-24-11-20(29(38)33-25)10-21(12-24)31(40)41/h5-8,10-13,18,25,27H,4,9,14-17H2,1-3H3,(H,32,37)(H,33,38)(H,40,41)/t25-,27-/m0/s1. The summed E-state index contributed by atoms with van der Waals surface area (Å²) >= 11 is 0. The van der Waals surface area contributed by atoms with Gasteiger partial charge in [-0.15, -0.1) is 0 Å². The molecule has 2 atom stereocenters. The molecule has 0 aliphatic carbocycles. The first-order chi connectivity index (χ1) is 20.6. The Morgan fingerprint density at radius 1 is 1.07 bits per heavy atom. The van der Waals surface area contributed by atoms with Gasteiger partial charge in [-0.05, 0) is 61.2 Å². The third-order valence-electron chi connectivity index (χ3n) is 7.32. The van der Waals surface area contributed by atoms with Crippen LogP contribution in [0.4, 0.5) is 0 Å². The molecule has 4 heterocycles. The van der Waals surface area contributed by atoms with E-state index in [1.807, 2.05) is 25.1 Å². The van der Waals surface area contributed by atoms with Gasteiger partial charge in [0.15, 0.2) is 6.61 Å². The molecule has 3 aliphatic heterocycles. The topological polar surface area (TPSA) is 152 Å². The van der Waals surface area contributed by atoms with Crippen LogP contribution in [0.5, 0.6) is 11.5 Å². The van der Waals surface area contributed by atoms with Crippen LogP contribution in [0.1, 0.15) is 63.2 Å². The van der Waals surface area contributed by atoms with Crippen LogP contribution in [0, 0.1) is 5.92 Å². The lowest BCUT2D eigenvalue weighted by Gasteiger charge is -2.21. The lowest BCUT2D eigenvalue weighted by Crippen LogP contribution is -2.45. The summed E-state index contributed by atoms with van der Waals surface area (Å²) < 4.78 is 13.5. The Kier molecular flexibility index (Phi) is 8.65. The Balaban J connectivity index is 1.46. The second kappa shape index (κ2) is 12.6. The Hall–Kier alpha value is -4.87. The molecule has 3 aliphatic rings. The third kappa shape index (κ3) is 6.96. The van der Waals surface area contributed by atoms with Crippen molar-refractivity contribution in [2.75, 3.05) is 19.7 Å². The van der Waals surface area contributed by atoms with Gasteiger partial charge in [-0.2, -0.15) is 5.10 Å². The van der Waals surface area contributed by atoms with E-state index in [0.717, 1.165) is 17.7 Å². The van der Waals surface area contributed by atoms with Crippen LogP contribution in [0.3, 0.4) is 0 Å². The molecular formula is C31H35N5O7. The minimum Gasteiger partial charge on any atom is -0.486 e. The number of carboxylic acid groups (broad SMARTS) is 1. The predicted octanol–water partition coefficient (Wildman–Crippen LogP) is 2.51. The Bertz CT molecular complexity index is 1530. The first-order valence-electron chi connectivity index (χ1n) is 14.3. The van der Waals surface area contributed by atoms with Crippen molar-refractivity contribution in [1.29, 1.82) is 0 Å². The fraction of sp³-hybridized carbons (Fsp3) is 0.387. The molecule has 12 nitrogen and oxygen atoms in total. The molecule has 3 aromatic rings. The maximum absolute atomic E-state index is 13.8. The first-order valence-corrected chi connectivity index (χ1v) is 14.3. The molecule has 3 amide bonds. The third-order valence-corrected chi connectivity index (χ3v) is 7.32. The van der Waals surface area contributed by atoms with Crippen LogP contribution in [0.25, 0.3) is 0 Å². The number of aromatic carboxylic acids is 1. The predicted molar refractivity (Wildman–Crippen MR) is 155 cm³/mol. The van der Waals surface area contributed by atoms with Crippen molar-refractivity contribution in [2.24, 2.45) is 5.92 Å². The molecule has 0 saturated carbocycles. The molecule has 0 spiro atoms. The SMILES string of the molecule is CCn1nc(CC(C)C)cc1C(=O)N1C[C@@H]2NC(=O)c3cc(cc(C(=O)O)c3)OCC(=O)NCc3ccc(cc3)O[C@H]2C1. The van der Waals surface area contributed by atoms with E-state index in [9.17, 15) is 24.3 Å². The van der Waals surface area contributed by atoms with Gasteiger partial charge in [0.2, 0.25) is 0 Å². The molecule has 1 aromatic heterocycles. The van der Waals surface area contributed by atoms with E-state index in [0.29, 0.717) is 23.9 Å². The number of fused-ring (bicyclic) bond motifs is 7. The Morgan fingerprint density at radius 2 is 1.84 bits per heavy atom. The van der Waals surface area contributed by atoms with Crippen molar-refractivity contribution in [2.45, 2.75) is 52.4 Å². The number of likely N-dealkylation sites (tertiary alicyclic amines) is 1. The summed E-state index contributed by atoms with van der Waals surface area (Å²) in [5, 5.41) is 19.9. The number of ether oxygens (including phenoxy) is 2. The van der Waals surface area contributed by atoms with Gasteiger partial charge in [-0.3, -0.25) is 19.1 Å². The summed E-state index contributed by atoms with van der Waals surface area (Å²) in [5.41, 5.74) is 2.02. The minimum atomic E-state index is -1.25. The fourth-order valence-corrected chi connectivity index (χ4v) is 5.21. The molecule has 3 N–H and O–H groups in total. The number of hydrogen-bond donors (Lipinski definition) is 3. The second-order valence-electron chi connectivity index (χ2n) is 11.1. The number of hydrogen-bond acceptors (Lipinski definition) is 7. The number of carbonyl (C=O) groups is 4. The van der Waals surface area contributed by atoms with E-state index in [1.54, 1.807) is 21.7 Å². The second-order valence-corrected chi connectivity index (χ2v) is 11.1. The Morgan fingerprint density at radius 3 is 2.53 bits per heavy atom. The molecule has 2 aromatic carbocycles. The normalized spacial score (nSPS) is 18.7. The molecule has 6 rings (SSSR count). The van der Waals surface area contributed by atoms with E-state index in [-0.39, 0.29) is 49.0 Å². The largest absolute Gasteiger partial charge is 0.486 e. The number of carboxylic acids is 1. The molecule has 226 valence electrons. The summed E-state index contributed by atoms with van der Waals surface area (Å²) in [4.78, 5) is 53.0. The van der Waals surface area contributed by atoms with Gasteiger partial charge < -0.3 is 30.1 Å². The minimum absolute atomic E-state index is 0.0365. The van der Waals surface area contributed by atoms with Crippen LogP contribution in [-0.2, 0) is 24.3 Å². The molecule has 43 heavy (non-hydrogen) atoms. The number of aromatic nitrogens is 2. The number of carbonyl (C=O) groups excluding carboxylic acids is 3. The molecule has 12 heteroatoms. The van der Waals surface area contributed by atoms with E-state index >= 15 is 0 Å². The molecule has 4 bridgehead atoms. The van der Waals surface area contributed by atoms with Gasteiger partial charge >= 0.3 is 5.97 Å². The number of rotatable bonds is 5. The van der Waals surface area contributed by atoms with E-state index in [4.69, 9.17) is 9.47 Å². The molecule has 1 saturated heterocycles. The van der Waals surface area contributed by atoms with Gasteiger partial charge in [-0.25, -0.2) is 4.79 Å². The lowest BCUT2D eigenvalue weighted by atomic mass is 10.1. The van der Waals surface area contributed by atoms with Crippen molar-refractivity contribution in [3.05, 3.63) is 76.6 Å². The summed E-state index contributed by atoms with van der Waals surface area (Å²) in [6.07, 6.45) is 0.152. The number of aryl methyl sites for hydroxylation is 1. The summed E-state index contributed by atoms with van der Waals surface area (Å²) in [5.74, 6) is -1.46. The highest BCUT2D eigenvalue weighted by molar-refractivity contribution is 5.98. The van der Waals surface area contributed by atoms with Crippen LogP contribution in [0.15, 0.2) is 48.5 Å². The summed E-state index contributed by atoms with van der Waals surface area (Å²) in [6.45, 7) is 6.92. The summed E-state index contributed by atoms with van der Waals surface area (Å²) in [7, 11) is 0. The number of nitrogens with zero attached hydrogens (tertiary/aromatic N) is 3. The Labute approximate surface area is 249 Å². The molecule has 0 unspecified atom stereocenters. The van der Waals surface area contributed by atoms with Crippen molar-refractivity contribution in [3.63, 3.8) is 0 Å².